The molecule has 1 rings (SSSR count). The van der Waals surface area contributed by atoms with E-state index < -0.39 is 18.0 Å². The van der Waals surface area contributed by atoms with E-state index >= 15 is 0 Å². The van der Waals surface area contributed by atoms with Gasteiger partial charge < -0.3 is 15.7 Å². The van der Waals surface area contributed by atoms with Crippen LogP contribution in [0.25, 0.3) is 0 Å². The molecule has 1 aliphatic carbocycles. The van der Waals surface area contributed by atoms with E-state index in [0.717, 1.165) is 12.8 Å². The minimum atomic E-state index is -1.02. The summed E-state index contributed by atoms with van der Waals surface area (Å²) in [6, 6.07) is -1.23. The van der Waals surface area contributed by atoms with E-state index in [4.69, 9.17) is 5.11 Å². The van der Waals surface area contributed by atoms with Crippen molar-refractivity contribution in [1.82, 2.24) is 10.6 Å². The van der Waals surface area contributed by atoms with Gasteiger partial charge in [0.1, 0.15) is 6.04 Å². The number of carbonyl (C=O) groups excluding carboxylic acids is 1. The number of hydrogen-bond donors (Lipinski definition) is 3. The molecule has 3 N–H and O–H groups in total. The maximum absolute atomic E-state index is 11.1. The summed E-state index contributed by atoms with van der Waals surface area (Å²) in [6.45, 7) is 2.09. The smallest absolute Gasteiger partial charge is 0.325 e. The molecule has 0 spiro atoms. The van der Waals surface area contributed by atoms with Crippen molar-refractivity contribution in [2.75, 3.05) is 6.54 Å². The van der Waals surface area contributed by atoms with Gasteiger partial charge in [0.2, 0.25) is 0 Å². The van der Waals surface area contributed by atoms with Crippen LogP contribution in [0.2, 0.25) is 0 Å². The third kappa shape index (κ3) is 3.24. The standard InChI is InChI=1S/C9H16N2O3/c1-6(8(12)13)11-9(14)10-5-7-3-2-4-7/h6-7H,2-5H2,1H3,(H,12,13)(H2,10,11,14)/t6-/m1/s1. The zero-order valence-corrected chi connectivity index (χ0v) is 8.25. The molecule has 0 aliphatic heterocycles. The molecule has 0 heterocycles. The molecule has 1 atom stereocenters. The molecule has 0 aromatic rings. The van der Waals surface area contributed by atoms with Crippen molar-refractivity contribution in [1.29, 1.82) is 0 Å². The van der Waals surface area contributed by atoms with Gasteiger partial charge in [0.15, 0.2) is 0 Å². The van der Waals surface area contributed by atoms with Gasteiger partial charge in [-0.1, -0.05) is 6.42 Å². The number of hydrogen-bond acceptors (Lipinski definition) is 2. The number of rotatable bonds is 4. The molecule has 0 saturated heterocycles. The fourth-order valence-corrected chi connectivity index (χ4v) is 1.24. The van der Waals surface area contributed by atoms with Crippen LogP contribution in [0.15, 0.2) is 0 Å². The molecule has 2 amide bonds. The third-order valence-electron chi connectivity index (χ3n) is 2.49. The predicted octanol–water partition coefficient (Wildman–Crippen LogP) is 0.559. The second-order valence-electron chi connectivity index (χ2n) is 3.71. The lowest BCUT2D eigenvalue weighted by molar-refractivity contribution is -0.138. The van der Waals surface area contributed by atoms with Gasteiger partial charge in [0, 0.05) is 6.54 Å². The molecule has 0 radical (unpaired) electrons. The summed E-state index contributed by atoms with van der Waals surface area (Å²) in [7, 11) is 0. The molecule has 0 bridgehead atoms. The van der Waals surface area contributed by atoms with Crippen molar-refractivity contribution in [2.24, 2.45) is 5.92 Å². The molecule has 1 fully saturated rings. The third-order valence-corrected chi connectivity index (χ3v) is 2.49. The quantitative estimate of drug-likeness (QED) is 0.620. The fraction of sp³-hybridized carbons (Fsp3) is 0.778. The Morgan fingerprint density at radius 2 is 2.14 bits per heavy atom. The first kappa shape index (κ1) is 10.8. The molecule has 1 aliphatic rings. The van der Waals surface area contributed by atoms with Crippen LogP contribution in [0.3, 0.4) is 0 Å². The Kier molecular flexibility index (Phi) is 3.73. The highest BCUT2D eigenvalue weighted by atomic mass is 16.4. The van der Waals surface area contributed by atoms with Crippen LogP contribution in [0.4, 0.5) is 4.79 Å². The number of carboxylic acid groups (broad SMARTS) is 1. The van der Waals surface area contributed by atoms with Crippen molar-refractivity contribution < 1.29 is 14.7 Å². The first-order chi connectivity index (χ1) is 6.59. The largest absolute Gasteiger partial charge is 0.480 e. The van der Waals surface area contributed by atoms with E-state index in [1.165, 1.54) is 13.3 Å². The summed E-state index contributed by atoms with van der Waals surface area (Å²) in [6.07, 6.45) is 3.56. The Morgan fingerprint density at radius 1 is 1.50 bits per heavy atom. The molecule has 0 aromatic heterocycles. The van der Waals surface area contributed by atoms with E-state index in [0.29, 0.717) is 12.5 Å². The van der Waals surface area contributed by atoms with Gasteiger partial charge >= 0.3 is 12.0 Å². The summed E-state index contributed by atoms with van der Waals surface area (Å²) in [5.41, 5.74) is 0. The Bertz CT molecular complexity index is 226. The summed E-state index contributed by atoms with van der Waals surface area (Å²) < 4.78 is 0. The Labute approximate surface area is 82.9 Å². The van der Waals surface area contributed by atoms with Crippen LogP contribution in [0.5, 0.6) is 0 Å². The van der Waals surface area contributed by atoms with Crippen LogP contribution >= 0.6 is 0 Å². The van der Waals surface area contributed by atoms with Gasteiger partial charge in [-0.15, -0.1) is 0 Å². The number of nitrogens with one attached hydrogen (secondary N) is 2. The second kappa shape index (κ2) is 4.83. The Balaban J connectivity index is 2.11. The van der Waals surface area contributed by atoms with E-state index in [2.05, 4.69) is 10.6 Å². The van der Waals surface area contributed by atoms with Crippen LogP contribution < -0.4 is 10.6 Å². The molecule has 0 unspecified atom stereocenters. The topological polar surface area (TPSA) is 78.4 Å². The molecule has 80 valence electrons. The number of carbonyl (C=O) groups is 2. The van der Waals surface area contributed by atoms with Gasteiger partial charge in [-0.2, -0.15) is 0 Å². The first-order valence-corrected chi connectivity index (χ1v) is 4.86. The normalized spacial score (nSPS) is 18.1. The van der Waals surface area contributed by atoms with Crippen LogP contribution in [0.1, 0.15) is 26.2 Å². The van der Waals surface area contributed by atoms with Crippen LogP contribution in [0, 0.1) is 5.92 Å². The Morgan fingerprint density at radius 3 is 2.57 bits per heavy atom. The predicted molar refractivity (Wildman–Crippen MR) is 51.0 cm³/mol. The molecular formula is C9H16N2O3. The zero-order valence-electron chi connectivity index (χ0n) is 8.25. The zero-order chi connectivity index (χ0) is 10.6. The highest BCUT2D eigenvalue weighted by Gasteiger charge is 2.19. The number of aliphatic carboxylic acids is 1. The van der Waals surface area contributed by atoms with Gasteiger partial charge in [-0.05, 0) is 25.7 Å². The van der Waals surface area contributed by atoms with Crippen molar-refractivity contribution in [3.05, 3.63) is 0 Å². The molecule has 0 aromatic carbocycles. The number of amides is 2. The molecule has 14 heavy (non-hydrogen) atoms. The van der Waals surface area contributed by atoms with E-state index in [-0.39, 0.29) is 0 Å². The molecule has 5 heteroatoms. The van der Waals surface area contributed by atoms with Gasteiger partial charge in [0.25, 0.3) is 0 Å². The number of carboxylic acids is 1. The summed E-state index contributed by atoms with van der Waals surface area (Å²) in [4.78, 5) is 21.5. The van der Waals surface area contributed by atoms with Gasteiger partial charge in [0.05, 0.1) is 0 Å². The van der Waals surface area contributed by atoms with Crippen LogP contribution in [-0.4, -0.2) is 29.7 Å². The minimum Gasteiger partial charge on any atom is -0.480 e. The number of urea groups is 1. The molecular weight excluding hydrogens is 184 g/mol. The lowest BCUT2D eigenvalue weighted by atomic mass is 9.85. The lowest BCUT2D eigenvalue weighted by Gasteiger charge is -2.25. The monoisotopic (exact) mass is 200 g/mol. The van der Waals surface area contributed by atoms with E-state index in [1.54, 1.807) is 0 Å². The summed E-state index contributed by atoms with van der Waals surface area (Å²) in [5.74, 6) is -0.440. The highest BCUT2D eigenvalue weighted by molar-refractivity contribution is 5.82. The van der Waals surface area contributed by atoms with Crippen molar-refractivity contribution >= 4 is 12.0 Å². The Hall–Kier alpha value is -1.26. The second-order valence-corrected chi connectivity index (χ2v) is 3.71. The average molecular weight is 200 g/mol. The average Bonchev–Trinajstić information content (AvgIpc) is 2.00. The van der Waals surface area contributed by atoms with Crippen molar-refractivity contribution in [3.63, 3.8) is 0 Å². The summed E-state index contributed by atoms with van der Waals surface area (Å²) in [5, 5.41) is 13.5. The van der Waals surface area contributed by atoms with E-state index in [1.807, 2.05) is 0 Å². The van der Waals surface area contributed by atoms with Gasteiger partial charge in [-0.25, -0.2) is 4.79 Å². The molecule has 5 nitrogen and oxygen atoms in total. The first-order valence-electron chi connectivity index (χ1n) is 4.86. The summed E-state index contributed by atoms with van der Waals surface area (Å²) >= 11 is 0. The molecule has 1 saturated carbocycles. The van der Waals surface area contributed by atoms with Crippen molar-refractivity contribution in [2.45, 2.75) is 32.2 Å². The van der Waals surface area contributed by atoms with E-state index in [9.17, 15) is 9.59 Å². The fourth-order valence-electron chi connectivity index (χ4n) is 1.24. The lowest BCUT2D eigenvalue weighted by Crippen LogP contribution is -2.46. The maximum Gasteiger partial charge on any atom is 0.325 e. The van der Waals surface area contributed by atoms with Crippen LogP contribution in [-0.2, 0) is 4.79 Å². The maximum atomic E-state index is 11.1. The van der Waals surface area contributed by atoms with Crippen molar-refractivity contribution in [3.8, 4) is 0 Å². The highest BCUT2D eigenvalue weighted by Crippen LogP contribution is 2.24. The van der Waals surface area contributed by atoms with Gasteiger partial charge in [-0.3, -0.25) is 4.79 Å². The SMILES string of the molecule is C[C@@H](NC(=O)NCC1CCC1)C(=O)O. The minimum absolute atomic E-state index is 0.396.